The third kappa shape index (κ3) is 8.15. The zero-order valence-electron chi connectivity index (χ0n) is 24.3. The van der Waals surface area contributed by atoms with Crippen LogP contribution in [0.15, 0.2) is 4.99 Å². The monoisotopic (exact) mass is 567 g/mol. The second-order valence-electron chi connectivity index (χ2n) is 12.5. The Morgan fingerprint density at radius 1 is 1.21 bits per heavy atom. The van der Waals surface area contributed by atoms with Crippen molar-refractivity contribution in [2.24, 2.45) is 27.8 Å². The molecule has 0 bridgehead atoms. The molecule has 3 fully saturated rings. The number of carbonyl (C=O) groups excluding carboxylic acids is 1. The molecule has 6 N–H and O–H groups in total. The first-order valence-corrected chi connectivity index (χ1v) is 16.0. The maximum Gasteiger partial charge on any atom is 0.228 e. The number of carbonyl (C=O) groups is 1. The Balaban J connectivity index is 1.43. The molecule has 0 aromatic heterocycles. The number of ether oxygens (including phenoxy) is 1. The highest BCUT2D eigenvalue weighted by molar-refractivity contribution is 6.28. The van der Waals surface area contributed by atoms with E-state index in [0.29, 0.717) is 12.1 Å². The molecule has 0 aromatic rings. The van der Waals surface area contributed by atoms with Crippen LogP contribution in [0.2, 0.25) is 0 Å². The van der Waals surface area contributed by atoms with E-state index in [1.54, 1.807) is 0 Å². The lowest BCUT2D eigenvalue weighted by molar-refractivity contribution is -0.128. The van der Waals surface area contributed by atoms with E-state index in [1.807, 2.05) is 6.21 Å². The van der Waals surface area contributed by atoms with Gasteiger partial charge in [0.05, 0.1) is 36.3 Å². The van der Waals surface area contributed by atoms with Crippen LogP contribution in [-0.4, -0.2) is 104 Å². The molecule has 6 atom stereocenters. The molecule has 1 amide bonds. The molecule has 4 aliphatic heterocycles. The number of nitrogens with zero attached hydrogens (tertiary/aromatic N) is 3. The Morgan fingerprint density at radius 3 is 2.67 bits per heavy atom. The van der Waals surface area contributed by atoms with Gasteiger partial charge in [-0.05, 0) is 63.3 Å². The lowest BCUT2D eigenvalue weighted by Gasteiger charge is -2.46. The van der Waals surface area contributed by atoms with Gasteiger partial charge in [0.2, 0.25) is 5.91 Å². The SMILES string of the molecule is CCCC1(CC)CCC(Cl)C=NC(C(C(=O)NC2CNCCC2N2CCC(N3CCCOC3)CC2)C(N)N)C1. The van der Waals surface area contributed by atoms with Crippen LogP contribution < -0.4 is 22.1 Å². The van der Waals surface area contributed by atoms with Crippen LogP contribution >= 0.6 is 11.6 Å². The molecule has 6 unspecified atom stereocenters. The third-order valence-corrected chi connectivity index (χ3v) is 10.3. The van der Waals surface area contributed by atoms with Crippen LogP contribution in [0.1, 0.15) is 78.1 Å². The number of rotatable bonds is 9. The Morgan fingerprint density at radius 2 is 2.00 bits per heavy atom. The standard InChI is InChI=1S/C29H54ClN7O2/c1-3-10-29(4-2)11-6-21(30)18-34-23(17-29)26(27(31)32)28(38)35-24-19-33-12-7-25(24)36-14-8-22(9-15-36)37-13-5-16-39-20-37/h18,21-27,33H,3-17,19-20,31-32H2,1-2H3,(H,35,38). The second kappa shape index (κ2) is 14.9. The summed E-state index contributed by atoms with van der Waals surface area (Å²) in [6.07, 6.45) is 11.5. The molecule has 4 rings (SSSR count). The summed E-state index contributed by atoms with van der Waals surface area (Å²) in [5.74, 6) is -0.655. The van der Waals surface area contributed by atoms with Crippen LogP contribution in [-0.2, 0) is 9.53 Å². The summed E-state index contributed by atoms with van der Waals surface area (Å²) in [7, 11) is 0. The molecular formula is C29H54ClN7O2. The number of piperidine rings is 2. The van der Waals surface area contributed by atoms with Crippen LogP contribution in [0.5, 0.6) is 0 Å². The first-order chi connectivity index (χ1) is 18.9. The topological polar surface area (TPSA) is 121 Å². The van der Waals surface area contributed by atoms with Crippen molar-refractivity contribution in [1.82, 2.24) is 20.4 Å². The average Bonchev–Trinajstić information content (AvgIpc) is 2.94. The van der Waals surface area contributed by atoms with Gasteiger partial charge in [0, 0.05) is 51.1 Å². The number of hydrogen-bond acceptors (Lipinski definition) is 8. The zero-order valence-corrected chi connectivity index (χ0v) is 25.1. The fourth-order valence-electron chi connectivity index (χ4n) is 7.60. The highest BCUT2D eigenvalue weighted by Crippen LogP contribution is 2.42. The van der Waals surface area contributed by atoms with Crippen molar-refractivity contribution in [3.63, 3.8) is 0 Å². The smallest absolute Gasteiger partial charge is 0.228 e. The molecule has 0 spiro atoms. The predicted octanol–water partition coefficient (Wildman–Crippen LogP) is 2.26. The minimum absolute atomic E-state index is 0.0206. The van der Waals surface area contributed by atoms with Crippen molar-refractivity contribution < 1.29 is 9.53 Å². The van der Waals surface area contributed by atoms with Crippen molar-refractivity contribution in [2.75, 3.05) is 46.1 Å². The van der Waals surface area contributed by atoms with Crippen molar-refractivity contribution in [1.29, 1.82) is 0 Å². The molecule has 10 heteroatoms. The summed E-state index contributed by atoms with van der Waals surface area (Å²) in [5, 5.41) is 6.78. The van der Waals surface area contributed by atoms with Gasteiger partial charge in [0.1, 0.15) is 0 Å². The number of halogens is 1. The van der Waals surface area contributed by atoms with Gasteiger partial charge in [-0.2, -0.15) is 0 Å². The maximum atomic E-state index is 13.9. The summed E-state index contributed by atoms with van der Waals surface area (Å²) < 4.78 is 5.70. The fraction of sp³-hybridized carbons (Fsp3) is 0.931. The van der Waals surface area contributed by atoms with Crippen molar-refractivity contribution in [3.8, 4) is 0 Å². The van der Waals surface area contributed by atoms with E-state index in [9.17, 15) is 4.79 Å². The van der Waals surface area contributed by atoms with Gasteiger partial charge in [-0.1, -0.05) is 26.7 Å². The molecule has 0 aliphatic carbocycles. The van der Waals surface area contributed by atoms with Crippen LogP contribution in [0.25, 0.3) is 0 Å². The van der Waals surface area contributed by atoms with E-state index in [2.05, 4.69) is 34.3 Å². The normalized spacial score (nSPS) is 34.9. The van der Waals surface area contributed by atoms with E-state index in [4.69, 9.17) is 32.8 Å². The lowest BCUT2D eigenvalue weighted by Crippen LogP contribution is -2.64. The molecule has 39 heavy (non-hydrogen) atoms. The number of alkyl halides is 1. The number of aliphatic imine (C=N–C) groups is 1. The lowest BCUT2D eigenvalue weighted by atomic mass is 9.69. The highest BCUT2D eigenvalue weighted by Gasteiger charge is 2.42. The van der Waals surface area contributed by atoms with E-state index < -0.39 is 12.1 Å². The Bertz CT molecular complexity index is 788. The van der Waals surface area contributed by atoms with Crippen LogP contribution in [0, 0.1) is 11.3 Å². The number of likely N-dealkylation sites (tertiary alicyclic amines) is 1. The number of hydrogen-bond donors (Lipinski definition) is 4. The van der Waals surface area contributed by atoms with E-state index in [1.165, 1.54) is 0 Å². The molecule has 4 aliphatic rings. The summed E-state index contributed by atoms with van der Waals surface area (Å²) in [4.78, 5) is 23.9. The maximum absolute atomic E-state index is 13.9. The van der Waals surface area contributed by atoms with Gasteiger partial charge in [-0.3, -0.25) is 19.6 Å². The van der Waals surface area contributed by atoms with Crippen LogP contribution in [0.4, 0.5) is 0 Å². The minimum atomic E-state index is -0.783. The molecule has 0 saturated carbocycles. The van der Waals surface area contributed by atoms with Gasteiger partial charge in [0.15, 0.2) is 0 Å². The Kier molecular flexibility index (Phi) is 11.9. The summed E-state index contributed by atoms with van der Waals surface area (Å²) in [5.41, 5.74) is 12.8. The predicted molar refractivity (Wildman–Crippen MR) is 159 cm³/mol. The third-order valence-electron chi connectivity index (χ3n) is 9.94. The second-order valence-corrected chi connectivity index (χ2v) is 13.0. The van der Waals surface area contributed by atoms with Crippen molar-refractivity contribution in [2.45, 2.75) is 114 Å². The number of nitrogens with two attached hydrogens (primary N) is 2. The summed E-state index contributed by atoms with van der Waals surface area (Å²) in [6.45, 7) is 11.1. The average molecular weight is 568 g/mol. The number of nitrogens with one attached hydrogen (secondary N) is 2. The molecular weight excluding hydrogens is 514 g/mol. The summed E-state index contributed by atoms with van der Waals surface area (Å²) >= 11 is 6.59. The van der Waals surface area contributed by atoms with E-state index in [-0.39, 0.29) is 28.8 Å². The van der Waals surface area contributed by atoms with Gasteiger partial charge >= 0.3 is 0 Å². The molecule has 9 nitrogen and oxygen atoms in total. The largest absolute Gasteiger partial charge is 0.366 e. The Labute approximate surface area is 241 Å². The van der Waals surface area contributed by atoms with Crippen LogP contribution in [0.3, 0.4) is 0 Å². The first-order valence-electron chi connectivity index (χ1n) is 15.6. The first kappa shape index (κ1) is 31.1. The Hall–Kier alpha value is -0.810. The van der Waals surface area contributed by atoms with E-state index >= 15 is 0 Å². The summed E-state index contributed by atoms with van der Waals surface area (Å²) in [6, 6.07) is 0.662. The quantitative estimate of drug-likeness (QED) is 0.249. The molecule has 4 heterocycles. The highest BCUT2D eigenvalue weighted by atomic mass is 35.5. The molecule has 224 valence electrons. The minimum Gasteiger partial charge on any atom is -0.366 e. The molecule has 0 radical (unpaired) electrons. The van der Waals surface area contributed by atoms with Gasteiger partial charge in [-0.15, -0.1) is 11.6 Å². The zero-order chi connectivity index (χ0) is 27.8. The molecule has 0 aromatic carbocycles. The van der Waals surface area contributed by atoms with Gasteiger partial charge in [-0.25, -0.2) is 0 Å². The van der Waals surface area contributed by atoms with Crippen molar-refractivity contribution in [3.05, 3.63) is 0 Å². The van der Waals surface area contributed by atoms with E-state index in [0.717, 1.165) is 110 Å². The molecule has 3 saturated heterocycles. The van der Waals surface area contributed by atoms with Gasteiger partial charge < -0.3 is 26.8 Å². The fourth-order valence-corrected chi connectivity index (χ4v) is 7.77. The number of amides is 1. The van der Waals surface area contributed by atoms with Crippen molar-refractivity contribution >= 4 is 23.7 Å². The van der Waals surface area contributed by atoms with Gasteiger partial charge in [0.25, 0.3) is 0 Å².